The van der Waals surface area contributed by atoms with Crippen molar-refractivity contribution in [3.05, 3.63) is 53.1 Å². The predicted molar refractivity (Wildman–Crippen MR) is 116 cm³/mol. The third-order valence-electron chi connectivity index (χ3n) is 4.62. The summed E-state index contributed by atoms with van der Waals surface area (Å²) in [4.78, 5) is 11.6. The Kier molecular flexibility index (Phi) is 6.43. The number of carbonyl (C=O) groups excluding carboxylic acids is 1. The van der Waals surface area contributed by atoms with Gasteiger partial charge in [0.2, 0.25) is 0 Å². The lowest BCUT2D eigenvalue weighted by molar-refractivity contribution is -0.142. The number of rotatable bonds is 5. The molecule has 0 fully saturated rings. The number of hydrogen-bond donors (Lipinski definition) is 2. The zero-order valence-electron chi connectivity index (χ0n) is 18.1. The second-order valence-corrected chi connectivity index (χ2v) is 9.22. The summed E-state index contributed by atoms with van der Waals surface area (Å²) in [5, 5.41) is 14.3. The minimum absolute atomic E-state index is 0.175. The molecule has 0 heterocycles. The van der Waals surface area contributed by atoms with E-state index in [2.05, 4.69) is 46.9 Å². The largest absolute Gasteiger partial charge is 0.507 e. The summed E-state index contributed by atoms with van der Waals surface area (Å²) in [6.45, 7) is 14.8. The van der Waals surface area contributed by atoms with Crippen LogP contribution in [0.3, 0.4) is 0 Å². The van der Waals surface area contributed by atoms with Gasteiger partial charge in [0.25, 0.3) is 0 Å². The summed E-state index contributed by atoms with van der Waals surface area (Å²) in [6.07, 6.45) is 0.273. The van der Waals surface area contributed by atoms with E-state index < -0.39 is 0 Å². The molecule has 0 atom stereocenters. The van der Waals surface area contributed by atoms with Gasteiger partial charge in [0.05, 0.1) is 13.0 Å². The Morgan fingerprint density at radius 2 is 1.43 bits per heavy atom. The number of anilines is 2. The fourth-order valence-corrected chi connectivity index (χ4v) is 3.10. The van der Waals surface area contributed by atoms with Crippen molar-refractivity contribution in [1.29, 1.82) is 0 Å². The van der Waals surface area contributed by atoms with Crippen LogP contribution in [-0.4, -0.2) is 17.7 Å². The second kappa shape index (κ2) is 8.26. The maximum absolute atomic E-state index is 11.6. The molecule has 0 bridgehead atoms. The van der Waals surface area contributed by atoms with Gasteiger partial charge in [-0.15, -0.1) is 0 Å². The van der Waals surface area contributed by atoms with Crippen molar-refractivity contribution in [2.24, 2.45) is 0 Å². The summed E-state index contributed by atoms with van der Waals surface area (Å²) in [6, 6.07) is 11.8. The first kappa shape index (κ1) is 21.8. The molecule has 4 nitrogen and oxygen atoms in total. The molecule has 152 valence electrons. The van der Waals surface area contributed by atoms with Gasteiger partial charge >= 0.3 is 5.97 Å². The van der Waals surface area contributed by atoms with Crippen molar-refractivity contribution in [1.82, 2.24) is 0 Å². The molecule has 2 aromatic carbocycles. The molecule has 0 aliphatic rings. The SMILES string of the molecule is CCOC(=O)Cc1ccc(Nc2cc(C(C)(C)C)c(O)c(C(C)(C)C)c2)cc1. The Bertz CT molecular complexity index is 789. The fourth-order valence-electron chi connectivity index (χ4n) is 3.10. The van der Waals surface area contributed by atoms with E-state index in [1.165, 1.54) is 0 Å². The van der Waals surface area contributed by atoms with E-state index in [-0.39, 0.29) is 23.2 Å². The van der Waals surface area contributed by atoms with Crippen LogP contribution in [0.5, 0.6) is 5.75 Å². The smallest absolute Gasteiger partial charge is 0.310 e. The number of phenols is 1. The fraction of sp³-hybridized carbons (Fsp3) is 0.458. The average Bonchev–Trinajstić information content (AvgIpc) is 2.56. The summed E-state index contributed by atoms with van der Waals surface area (Å²) in [7, 11) is 0. The van der Waals surface area contributed by atoms with Crippen LogP contribution in [0.2, 0.25) is 0 Å². The van der Waals surface area contributed by atoms with Gasteiger partial charge in [-0.3, -0.25) is 4.79 Å². The number of esters is 1. The molecule has 0 aliphatic heterocycles. The van der Waals surface area contributed by atoms with Gasteiger partial charge in [-0.05, 0) is 47.6 Å². The summed E-state index contributed by atoms with van der Waals surface area (Å²) in [5.41, 5.74) is 4.27. The first-order valence-corrected chi connectivity index (χ1v) is 9.81. The van der Waals surface area contributed by atoms with Gasteiger partial charge in [0.1, 0.15) is 5.75 Å². The maximum Gasteiger partial charge on any atom is 0.310 e. The first-order valence-electron chi connectivity index (χ1n) is 9.81. The Hall–Kier alpha value is -2.49. The molecule has 0 aliphatic carbocycles. The van der Waals surface area contributed by atoms with Gasteiger partial charge in [-0.2, -0.15) is 0 Å². The lowest BCUT2D eigenvalue weighted by Gasteiger charge is -2.28. The molecule has 2 N–H and O–H groups in total. The van der Waals surface area contributed by atoms with Crippen LogP contribution >= 0.6 is 0 Å². The van der Waals surface area contributed by atoms with Crippen LogP contribution in [0.15, 0.2) is 36.4 Å². The monoisotopic (exact) mass is 383 g/mol. The molecule has 0 radical (unpaired) electrons. The van der Waals surface area contributed by atoms with Crippen molar-refractivity contribution in [2.75, 3.05) is 11.9 Å². The number of carbonyl (C=O) groups is 1. The molecule has 4 heteroatoms. The highest BCUT2D eigenvalue weighted by molar-refractivity contribution is 5.73. The topological polar surface area (TPSA) is 58.6 Å². The van der Waals surface area contributed by atoms with E-state index in [4.69, 9.17) is 4.74 Å². The molecular formula is C24H33NO3. The number of hydrogen-bond acceptors (Lipinski definition) is 4. The number of benzene rings is 2. The summed E-state index contributed by atoms with van der Waals surface area (Å²) in [5.74, 6) is 0.154. The lowest BCUT2D eigenvalue weighted by atomic mass is 9.79. The van der Waals surface area contributed by atoms with Crippen LogP contribution in [0.1, 0.15) is 65.2 Å². The Balaban J connectivity index is 2.32. The minimum Gasteiger partial charge on any atom is -0.507 e. The third kappa shape index (κ3) is 5.51. The molecule has 28 heavy (non-hydrogen) atoms. The van der Waals surface area contributed by atoms with E-state index in [1.54, 1.807) is 6.92 Å². The quantitative estimate of drug-likeness (QED) is 0.503. The minimum atomic E-state index is -0.216. The van der Waals surface area contributed by atoms with Crippen molar-refractivity contribution in [3.63, 3.8) is 0 Å². The highest BCUT2D eigenvalue weighted by Crippen LogP contribution is 2.41. The summed E-state index contributed by atoms with van der Waals surface area (Å²) < 4.78 is 4.99. The van der Waals surface area contributed by atoms with Crippen LogP contribution in [0, 0.1) is 0 Å². The lowest BCUT2D eigenvalue weighted by Crippen LogP contribution is -2.17. The number of phenolic OH excluding ortho intramolecular Hbond substituents is 1. The Morgan fingerprint density at radius 3 is 1.86 bits per heavy atom. The molecule has 0 saturated carbocycles. The normalized spacial score (nSPS) is 12.0. The van der Waals surface area contributed by atoms with Gasteiger partial charge < -0.3 is 15.2 Å². The third-order valence-corrected chi connectivity index (χ3v) is 4.62. The van der Waals surface area contributed by atoms with Gasteiger partial charge in [-0.1, -0.05) is 53.7 Å². The maximum atomic E-state index is 11.6. The van der Waals surface area contributed by atoms with Crippen LogP contribution in [0.4, 0.5) is 11.4 Å². The predicted octanol–water partition coefficient (Wildman–Crippen LogP) is 5.84. The number of nitrogens with one attached hydrogen (secondary N) is 1. The second-order valence-electron chi connectivity index (χ2n) is 9.22. The van der Waals surface area contributed by atoms with Crippen LogP contribution < -0.4 is 5.32 Å². The Labute approximate surface area is 168 Å². The zero-order valence-corrected chi connectivity index (χ0v) is 18.1. The molecule has 2 aromatic rings. The van der Waals surface area contributed by atoms with E-state index >= 15 is 0 Å². The molecule has 2 rings (SSSR count). The average molecular weight is 384 g/mol. The van der Waals surface area contributed by atoms with Crippen LogP contribution in [-0.2, 0) is 26.8 Å². The van der Waals surface area contributed by atoms with Crippen molar-refractivity contribution in [3.8, 4) is 5.75 Å². The van der Waals surface area contributed by atoms with Gasteiger partial charge in [-0.25, -0.2) is 0 Å². The van der Waals surface area contributed by atoms with Crippen molar-refractivity contribution < 1.29 is 14.6 Å². The van der Waals surface area contributed by atoms with E-state index in [1.807, 2.05) is 36.4 Å². The van der Waals surface area contributed by atoms with Crippen molar-refractivity contribution in [2.45, 2.75) is 65.7 Å². The number of aromatic hydroxyl groups is 1. The van der Waals surface area contributed by atoms with Gasteiger partial charge in [0, 0.05) is 22.5 Å². The molecule has 0 amide bonds. The highest BCUT2D eigenvalue weighted by Gasteiger charge is 2.26. The molecule has 0 saturated heterocycles. The van der Waals surface area contributed by atoms with Gasteiger partial charge in [0.15, 0.2) is 0 Å². The van der Waals surface area contributed by atoms with E-state index in [9.17, 15) is 9.90 Å². The highest BCUT2D eigenvalue weighted by atomic mass is 16.5. The molecular weight excluding hydrogens is 350 g/mol. The molecule has 0 aromatic heterocycles. The Morgan fingerprint density at radius 1 is 0.929 bits per heavy atom. The first-order chi connectivity index (χ1) is 12.9. The van der Waals surface area contributed by atoms with E-state index in [0.717, 1.165) is 28.1 Å². The van der Waals surface area contributed by atoms with Crippen molar-refractivity contribution >= 4 is 17.3 Å². The standard InChI is InChI=1S/C24H33NO3/c1-8-28-21(26)13-16-9-11-17(12-10-16)25-18-14-19(23(2,3)4)22(27)20(15-18)24(5,6)7/h9-12,14-15,25,27H,8,13H2,1-7H3. The van der Waals surface area contributed by atoms with Crippen LogP contribution in [0.25, 0.3) is 0 Å². The van der Waals surface area contributed by atoms with E-state index in [0.29, 0.717) is 12.4 Å². The number of ether oxygens (including phenoxy) is 1. The molecule has 0 unspecified atom stereocenters. The summed E-state index contributed by atoms with van der Waals surface area (Å²) >= 11 is 0. The molecule has 0 spiro atoms. The zero-order chi connectivity index (χ0) is 21.1.